The molecule has 0 aromatic heterocycles. The minimum absolute atomic E-state index is 0.0479. The van der Waals surface area contributed by atoms with E-state index in [-0.39, 0.29) is 42.3 Å². The molecule has 0 bridgehead atoms. The lowest BCUT2D eigenvalue weighted by Gasteiger charge is -2.36. The van der Waals surface area contributed by atoms with Crippen molar-refractivity contribution in [1.82, 2.24) is 10.6 Å². The van der Waals surface area contributed by atoms with Crippen molar-refractivity contribution in [2.45, 2.75) is 77.2 Å². The summed E-state index contributed by atoms with van der Waals surface area (Å²) < 4.78 is 6.07. The number of rotatable bonds is 10. The van der Waals surface area contributed by atoms with Gasteiger partial charge in [-0.15, -0.1) is 6.58 Å². The first-order valence-corrected chi connectivity index (χ1v) is 9.82. The fourth-order valence-electron chi connectivity index (χ4n) is 3.12. The first kappa shape index (κ1) is 24.4. The Hall–Kier alpha value is -2.68. The fourth-order valence-corrected chi connectivity index (χ4v) is 3.12. The SMILES string of the molecule is C=CCCC(=O)NC(N)=N[C@H]1CC(C(=O)O)=C[C@@H](OC(CC)CC)[C@@H]1NC(C)=O. The minimum Gasteiger partial charge on any atom is -0.478 e. The van der Waals surface area contributed by atoms with E-state index in [1.807, 2.05) is 13.8 Å². The maximum atomic E-state index is 11.9. The van der Waals surface area contributed by atoms with Gasteiger partial charge in [-0.05, 0) is 25.3 Å². The van der Waals surface area contributed by atoms with Crippen LogP contribution in [0.25, 0.3) is 0 Å². The van der Waals surface area contributed by atoms with E-state index in [4.69, 9.17) is 10.5 Å². The molecule has 0 aromatic rings. The van der Waals surface area contributed by atoms with E-state index in [9.17, 15) is 19.5 Å². The van der Waals surface area contributed by atoms with Gasteiger partial charge in [0.1, 0.15) is 0 Å². The van der Waals surface area contributed by atoms with E-state index in [1.54, 1.807) is 6.08 Å². The Balaban J connectivity index is 3.16. The van der Waals surface area contributed by atoms with Crippen LogP contribution in [0.4, 0.5) is 0 Å². The number of carboxylic acid groups (broad SMARTS) is 1. The normalized spacial score (nSPS) is 22.0. The highest BCUT2D eigenvalue weighted by Gasteiger charge is 2.37. The van der Waals surface area contributed by atoms with E-state index in [0.717, 1.165) is 12.8 Å². The second kappa shape index (κ2) is 12.0. The Labute approximate surface area is 171 Å². The molecule has 162 valence electrons. The number of carboxylic acids is 1. The average Bonchev–Trinajstić information content (AvgIpc) is 2.65. The smallest absolute Gasteiger partial charge is 0.331 e. The van der Waals surface area contributed by atoms with E-state index in [1.165, 1.54) is 13.0 Å². The molecule has 0 fully saturated rings. The largest absolute Gasteiger partial charge is 0.478 e. The van der Waals surface area contributed by atoms with Crippen LogP contribution in [-0.4, -0.2) is 53.1 Å². The zero-order valence-electron chi connectivity index (χ0n) is 17.3. The summed E-state index contributed by atoms with van der Waals surface area (Å²) in [5.41, 5.74) is 5.99. The number of aliphatic carboxylic acids is 1. The molecule has 9 heteroatoms. The molecular weight excluding hydrogens is 376 g/mol. The van der Waals surface area contributed by atoms with Crippen molar-refractivity contribution in [1.29, 1.82) is 0 Å². The number of guanidine groups is 1. The Morgan fingerprint density at radius 2 is 2.07 bits per heavy atom. The number of nitrogens with two attached hydrogens (primary N) is 1. The molecule has 0 aliphatic heterocycles. The first-order valence-electron chi connectivity index (χ1n) is 9.82. The molecule has 0 spiro atoms. The number of carbonyl (C=O) groups is 3. The molecule has 0 saturated heterocycles. The van der Waals surface area contributed by atoms with Gasteiger partial charge in [0.15, 0.2) is 5.96 Å². The van der Waals surface area contributed by atoms with E-state index < -0.39 is 24.2 Å². The van der Waals surface area contributed by atoms with Crippen molar-refractivity contribution in [3.8, 4) is 0 Å². The number of ether oxygens (including phenoxy) is 1. The number of nitrogens with one attached hydrogen (secondary N) is 2. The Morgan fingerprint density at radius 1 is 1.41 bits per heavy atom. The molecule has 0 unspecified atom stereocenters. The molecule has 0 heterocycles. The first-order chi connectivity index (χ1) is 13.7. The standard InChI is InChI=1S/C20H32N4O5/c1-5-8-9-17(26)24-20(21)23-15-10-13(19(27)28)11-16(18(15)22-12(4)25)29-14(6-2)7-3/h5,11,14-16,18H,1,6-10H2,2-4H3,(H,22,25)(H,27,28)(H3,21,23,24,26)/t15-,16+,18+/m0/s1. The molecule has 5 N–H and O–H groups in total. The zero-order chi connectivity index (χ0) is 22.0. The summed E-state index contributed by atoms with van der Waals surface area (Å²) in [4.78, 5) is 39.5. The zero-order valence-corrected chi connectivity index (χ0v) is 17.3. The number of allylic oxidation sites excluding steroid dienone is 1. The van der Waals surface area contributed by atoms with Crippen LogP contribution in [0.1, 0.15) is 52.9 Å². The Kier molecular flexibility index (Phi) is 10.1. The maximum Gasteiger partial charge on any atom is 0.331 e. The lowest BCUT2D eigenvalue weighted by atomic mass is 9.88. The van der Waals surface area contributed by atoms with Gasteiger partial charge in [-0.1, -0.05) is 19.9 Å². The average molecular weight is 408 g/mol. The molecule has 29 heavy (non-hydrogen) atoms. The quantitative estimate of drug-likeness (QED) is 0.243. The summed E-state index contributed by atoms with van der Waals surface area (Å²) in [6.07, 6.45) is 4.59. The van der Waals surface area contributed by atoms with Gasteiger partial charge in [0.05, 0.1) is 24.3 Å². The highest BCUT2D eigenvalue weighted by molar-refractivity contribution is 5.96. The van der Waals surface area contributed by atoms with Gasteiger partial charge in [-0.3, -0.25) is 14.9 Å². The maximum absolute atomic E-state index is 11.9. The third-order valence-electron chi connectivity index (χ3n) is 4.62. The van der Waals surface area contributed by atoms with Crippen LogP contribution in [0.15, 0.2) is 29.3 Å². The number of nitrogens with zero attached hydrogens (tertiary/aromatic N) is 1. The monoisotopic (exact) mass is 408 g/mol. The molecule has 0 aromatic carbocycles. The van der Waals surface area contributed by atoms with Gasteiger partial charge >= 0.3 is 5.97 Å². The molecule has 9 nitrogen and oxygen atoms in total. The number of hydrogen-bond donors (Lipinski definition) is 4. The second-order valence-electron chi connectivity index (χ2n) is 6.92. The highest BCUT2D eigenvalue weighted by Crippen LogP contribution is 2.26. The number of amides is 2. The summed E-state index contributed by atoms with van der Waals surface area (Å²) in [7, 11) is 0. The van der Waals surface area contributed by atoms with Crippen LogP contribution in [0.2, 0.25) is 0 Å². The van der Waals surface area contributed by atoms with Crippen molar-refractivity contribution in [2.75, 3.05) is 0 Å². The number of carbonyl (C=O) groups excluding carboxylic acids is 2. The topological polar surface area (TPSA) is 143 Å². The van der Waals surface area contributed by atoms with Crippen molar-refractivity contribution in [3.05, 3.63) is 24.3 Å². The lowest BCUT2D eigenvalue weighted by molar-refractivity contribution is -0.133. The molecule has 1 aliphatic rings. The lowest BCUT2D eigenvalue weighted by Crippen LogP contribution is -2.54. The van der Waals surface area contributed by atoms with Crippen LogP contribution in [0.5, 0.6) is 0 Å². The van der Waals surface area contributed by atoms with Crippen LogP contribution in [0, 0.1) is 0 Å². The van der Waals surface area contributed by atoms with Crippen LogP contribution < -0.4 is 16.4 Å². The number of hydrogen-bond acceptors (Lipinski definition) is 5. The van der Waals surface area contributed by atoms with Gasteiger partial charge in [-0.25, -0.2) is 9.79 Å². The number of aliphatic imine (C=N–C) groups is 1. The van der Waals surface area contributed by atoms with Gasteiger partial charge in [0.2, 0.25) is 11.8 Å². The fraction of sp³-hybridized carbons (Fsp3) is 0.600. The van der Waals surface area contributed by atoms with Crippen LogP contribution in [-0.2, 0) is 19.1 Å². The van der Waals surface area contributed by atoms with Crippen molar-refractivity contribution in [2.24, 2.45) is 10.7 Å². The molecule has 1 rings (SSSR count). The Morgan fingerprint density at radius 3 is 2.59 bits per heavy atom. The molecule has 2 amide bonds. The predicted octanol–water partition coefficient (Wildman–Crippen LogP) is 1.25. The van der Waals surface area contributed by atoms with Gasteiger partial charge in [0.25, 0.3) is 0 Å². The second-order valence-corrected chi connectivity index (χ2v) is 6.92. The summed E-state index contributed by atoms with van der Waals surface area (Å²) in [5, 5.41) is 14.8. The molecular formula is C20H32N4O5. The van der Waals surface area contributed by atoms with E-state index >= 15 is 0 Å². The predicted molar refractivity (Wildman–Crippen MR) is 110 cm³/mol. The molecule has 0 saturated carbocycles. The van der Waals surface area contributed by atoms with Crippen LogP contribution >= 0.6 is 0 Å². The highest BCUT2D eigenvalue weighted by atomic mass is 16.5. The van der Waals surface area contributed by atoms with Gasteiger partial charge < -0.3 is 20.9 Å². The van der Waals surface area contributed by atoms with Gasteiger partial charge in [-0.2, -0.15) is 0 Å². The van der Waals surface area contributed by atoms with E-state index in [2.05, 4.69) is 22.2 Å². The summed E-state index contributed by atoms with van der Waals surface area (Å²) in [5.74, 6) is -1.84. The minimum atomic E-state index is -1.08. The Bertz CT molecular complexity index is 670. The molecule has 1 aliphatic carbocycles. The molecule has 3 atom stereocenters. The van der Waals surface area contributed by atoms with Crippen molar-refractivity contribution < 1.29 is 24.2 Å². The van der Waals surface area contributed by atoms with Crippen molar-refractivity contribution >= 4 is 23.7 Å². The van der Waals surface area contributed by atoms with Crippen LogP contribution in [0.3, 0.4) is 0 Å². The summed E-state index contributed by atoms with van der Waals surface area (Å²) >= 11 is 0. The summed E-state index contributed by atoms with van der Waals surface area (Å²) in [6.45, 7) is 8.86. The third kappa shape index (κ3) is 8.06. The van der Waals surface area contributed by atoms with E-state index in [0.29, 0.717) is 6.42 Å². The van der Waals surface area contributed by atoms with Crippen molar-refractivity contribution in [3.63, 3.8) is 0 Å². The third-order valence-corrected chi connectivity index (χ3v) is 4.62. The van der Waals surface area contributed by atoms with Gasteiger partial charge in [0, 0.05) is 25.3 Å². The molecule has 0 radical (unpaired) electrons. The summed E-state index contributed by atoms with van der Waals surface area (Å²) in [6, 6.07) is -1.31.